The van der Waals surface area contributed by atoms with Crippen LogP contribution in [0.2, 0.25) is 15.1 Å². The van der Waals surface area contributed by atoms with Crippen molar-refractivity contribution < 1.29 is 14.3 Å². The number of ether oxygens (including phenoxy) is 2. The van der Waals surface area contributed by atoms with Gasteiger partial charge in [-0.1, -0.05) is 40.9 Å². The van der Waals surface area contributed by atoms with Crippen molar-refractivity contribution in [2.45, 2.75) is 13.0 Å². The quantitative estimate of drug-likeness (QED) is 0.568. The van der Waals surface area contributed by atoms with Crippen LogP contribution < -0.4 is 9.47 Å². The predicted molar refractivity (Wildman–Crippen MR) is 88.4 cm³/mol. The second kappa shape index (κ2) is 7.56. The monoisotopic (exact) mass is 369 g/mol. The van der Waals surface area contributed by atoms with Crippen molar-refractivity contribution in [2.75, 3.05) is 0 Å². The molecule has 118 valence electrons. The molecule has 0 amide bonds. The van der Waals surface area contributed by atoms with Gasteiger partial charge in [-0.3, -0.25) is 0 Å². The van der Waals surface area contributed by atoms with E-state index in [9.17, 15) is 4.79 Å². The number of carbonyl (C=O) groups excluding carboxylic acids is 1. The molecule has 7 heteroatoms. The first-order valence-electron chi connectivity index (χ1n) is 6.43. The largest absolute Gasteiger partial charge is 0.479 e. The Morgan fingerprint density at radius 1 is 1.17 bits per heavy atom. The average molecular weight is 371 g/mol. The Balaban J connectivity index is 2.10. The Morgan fingerprint density at radius 3 is 2.43 bits per heavy atom. The highest BCUT2D eigenvalue weighted by atomic mass is 35.5. The van der Waals surface area contributed by atoms with Gasteiger partial charge in [0.1, 0.15) is 5.75 Å². The van der Waals surface area contributed by atoms with E-state index in [1.165, 1.54) is 25.1 Å². The van der Waals surface area contributed by atoms with Gasteiger partial charge < -0.3 is 9.47 Å². The topological polar surface area (TPSA) is 59.3 Å². The van der Waals surface area contributed by atoms with Crippen LogP contribution in [0, 0.1) is 11.3 Å². The first kappa shape index (κ1) is 17.4. The van der Waals surface area contributed by atoms with Gasteiger partial charge in [-0.25, -0.2) is 4.79 Å². The lowest BCUT2D eigenvalue weighted by Gasteiger charge is -2.15. The summed E-state index contributed by atoms with van der Waals surface area (Å²) in [5.41, 5.74) is 0.423. The molecule has 0 saturated heterocycles. The van der Waals surface area contributed by atoms with Gasteiger partial charge in [0.15, 0.2) is 11.9 Å². The van der Waals surface area contributed by atoms with Gasteiger partial charge in [0.25, 0.3) is 0 Å². The first-order valence-corrected chi connectivity index (χ1v) is 7.57. The third-order valence-electron chi connectivity index (χ3n) is 2.77. The summed E-state index contributed by atoms with van der Waals surface area (Å²) in [4.78, 5) is 12.1. The number of nitriles is 1. The van der Waals surface area contributed by atoms with Crippen molar-refractivity contribution in [3.63, 3.8) is 0 Å². The maximum absolute atomic E-state index is 12.1. The van der Waals surface area contributed by atoms with E-state index in [0.29, 0.717) is 16.3 Å². The van der Waals surface area contributed by atoms with Gasteiger partial charge in [0, 0.05) is 5.02 Å². The van der Waals surface area contributed by atoms with E-state index in [2.05, 4.69) is 0 Å². The highest BCUT2D eigenvalue weighted by Crippen LogP contribution is 2.36. The van der Waals surface area contributed by atoms with Crippen LogP contribution in [0.3, 0.4) is 0 Å². The van der Waals surface area contributed by atoms with Gasteiger partial charge in [0.05, 0.1) is 21.7 Å². The van der Waals surface area contributed by atoms with E-state index in [1.54, 1.807) is 18.2 Å². The number of nitrogens with zero attached hydrogens (tertiary/aromatic N) is 1. The minimum Gasteiger partial charge on any atom is -0.479 e. The minimum atomic E-state index is -0.924. The Labute approximate surface area is 148 Å². The van der Waals surface area contributed by atoms with Crippen LogP contribution in [0.1, 0.15) is 12.5 Å². The van der Waals surface area contributed by atoms with E-state index in [0.717, 1.165) is 0 Å². The number of benzene rings is 2. The Hall–Kier alpha value is -1.93. The Kier molecular flexibility index (Phi) is 5.73. The normalized spacial score (nSPS) is 11.4. The Morgan fingerprint density at radius 2 is 1.83 bits per heavy atom. The number of hydrogen-bond donors (Lipinski definition) is 0. The van der Waals surface area contributed by atoms with Crippen molar-refractivity contribution in [1.29, 1.82) is 5.26 Å². The number of esters is 1. The summed E-state index contributed by atoms with van der Waals surface area (Å²) in [5.74, 6) is -0.288. The second-order valence-electron chi connectivity index (χ2n) is 4.52. The molecular formula is C16H10Cl3NO3. The summed E-state index contributed by atoms with van der Waals surface area (Å²) in [6.07, 6.45) is -0.924. The fourth-order valence-corrected chi connectivity index (χ4v) is 2.60. The lowest BCUT2D eigenvalue weighted by molar-refractivity contribution is -0.141. The fourth-order valence-electron chi connectivity index (χ4n) is 1.70. The van der Waals surface area contributed by atoms with Crippen LogP contribution in [0.4, 0.5) is 0 Å². The number of hydrogen-bond acceptors (Lipinski definition) is 4. The summed E-state index contributed by atoms with van der Waals surface area (Å²) >= 11 is 17.7. The average Bonchev–Trinajstić information content (AvgIpc) is 2.50. The summed E-state index contributed by atoms with van der Waals surface area (Å²) in [7, 11) is 0. The van der Waals surface area contributed by atoms with Gasteiger partial charge >= 0.3 is 5.97 Å². The second-order valence-corrected chi connectivity index (χ2v) is 5.77. The van der Waals surface area contributed by atoms with Gasteiger partial charge in [-0.05, 0) is 37.3 Å². The SMILES string of the molecule is CC(Oc1cccc(C#N)c1)C(=O)Oc1c(Cl)cc(Cl)cc1Cl. The van der Waals surface area contributed by atoms with E-state index >= 15 is 0 Å². The molecule has 1 unspecified atom stereocenters. The molecule has 0 N–H and O–H groups in total. The third-order valence-corrected chi connectivity index (χ3v) is 3.55. The van der Waals surface area contributed by atoms with E-state index in [1.807, 2.05) is 6.07 Å². The smallest absolute Gasteiger partial charge is 0.352 e. The Bertz CT molecular complexity index is 763. The van der Waals surface area contributed by atoms with Crippen molar-refractivity contribution in [2.24, 2.45) is 0 Å². The molecular weight excluding hydrogens is 361 g/mol. The molecule has 0 spiro atoms. The molecule has 0 saturated carbocycles. The molecule has 2 aromatic carbocycles. The van der Waals surface area contributed by atoms with Crippen LogP contribution in [-0.2, 0) is 4.79 Å². The molecule has 23 heavy (non-hydrogen) atoms. The molecule has 0 bridgehead atoms. The van der Waals surface area contributed by atoms with E-state index in [-0.39, 0.29) is 15.8 Å². The molecule has 4 nitrogen and oxygen atoms in total. The summed E-state index contributed by atoms with van der Waals surface area (Å²) < 4.78 is 10.6. The zero-order valence-electron chi connectivity index (χ0n) is 11.8. The van der Waals surface area contributed by atoms with Crippen LogP contribution in [0.25, 0.3) is 0 Å². The third kappa shape index (κ3) is 4.52. The highest BCUT2D eigenvalue weighted by molar-refractivity contribution is 6.40. The van der Waals surface area contributed by atoms with Crippen LogP contribution in [0.5, 0.6) is 11.5 Å². The molecule has 0 aromatic heterocycles. The van der Waals surface area contributed by atoms with Crippen molar-refractivity contribution in [1.82, 2.24) is 0 Å². The van der Waals surface area contributed by atoms with E-state index < -0.39 is 12.1 Å². The zero-order valence-corrected chi connectivity index (χ0v) is 14.1. The molecule has 0 aliphatic rings. The van der Waals surface area contributed by atoms with Gasteiger partial charge in [0.2, 0.25) is 0 Å². The molecule has 0 radical (unpaired) electrons. The molecule has 0 aliphatic heterocycles. The van der Waals surface area contributed by atoms with E-state index in [4.69, 9.17) is 49.5 Å². The molecule has 2 rings (SSSR count). The van der Waals surface area contributed by atoms with Crippen LogP contribution in [-0.4, -0.2) is 12.1 Å². The van der Waals surface area contributed by atoms with Gasteiger partial charge in [-0.2, -0.15) is 5.26 Å². The lowest BCUT2D eigenvalue weighted by Crippen LogP contribution is -2.28. The number of carbonyl (C=O) groups is 1. The van der Waals surface area contributed by atoms with Gasteiger partial charge in [-0.15, -0.1) is 0 Å². The summed E-state index contributed by atoms with van der Waals surface area (Å²) in [6, 6.07) is 11.3. The van der Waals surface area contributed by atoms with Crippen molar-refractivity contribution in [3.8, 4) is 17.6 Å². The van der Waals surface area contributed by atoms with Crippen molar-refractivity contribution in [3.05, 3.63) is 57.0 Å². The summed E-state index contributed by atoms with van der Waals surface area (Å²) in [5, 5.41) is 9.42. The number of rotatable bonds is 4. The fraction of sp³-hybridized carbons (Fsp3) is 0.125. The molecule has 0 aliphatic carbocycles. The lowest BCUT2D eigenvalue weighted by atomic mass is 10.2. The number of halogens is 3. The zero-order chi connectivity index (χ0) is 17.0. The maximum atomic E-state index is 12.1. The molecule has 1 atom stereocenters. The van der Waals surface area contributed by atoms with Crippen molar-refractivity contribution >= 4 is 40.8 Å². The molecule has 2 aromatic rings. The standard InChI is InChI=1S/C16H10Cl3NO3/c1-9(22-12-4-2-3-10(5-12)8-20)16(21)23-15-13(18)6-11(17)7-14(15)19/h2-7,9H,1H3. The maximum Gasteiger partial charge on any atom is 0.352 e. The molecule has 0 heterocycles. The highest BCUT2D eigenvalue weighted by Gasteiger charge is 2.21. The summed E-state index contributed by atoms with van der Waals surface area (Å²) in [6.45, 7) is 1.51. The molecule has 0 fully saturated rings. The minimum absolute atomic E-state index is 0.0176. The van der Waals surface area contributed by atoms with Crippen LogP contribution in [0.15, 0.2) is 36.4 Å². The first-order chi connectivity index (χ1) is 10.9. The predicted octanol–water partition coefficient (Wildman–Crippen LogP) is 4.89. The van der Waals surface area contributed by atoms with Crippen LogP contribution >= 0.6 is 34.8 Å².